The van der Waals surface area contributed by atoms with Gasteiger partial charge in [-0.2, -0.15) is 4.31 Å². The van der Waals surface area contributed by atoms with E-state index in [0.29, 0.717) is 29.8 Å². The fourth-order valence-electron chi connectivity index (χ4n) is 3.94. The molecule has 6 heteroatoms. The Balaban J connectivity index is 1.62. The molecule has 1 saturated carbocycles. The van der Waals surface area contributed by atoms with Gasteiger partial charge in [0.25, 0.3) is 0 Å². The van der Waals surface area contributed by atoms with Crippen LogP contribution in [0.2, 0.25) is 0 Å². The third kappa shape index (κ3) is 3.76. The first-order valence-electron chi connectivity index (χ1n) is 8.89. The summed E-state index contributed by atoms with van der Waals surface area (Å²) in [5, 5.41) is 0. The number of benzene rings is 1. The van der Waals surface area contributed by atoms with Crippen LogP contribution in [0.5, 0.6) is 5.75 Å². The van der Waals surface area contributed by atoms with Crippen molar-refractivity contribution in [2.24, 2.45) is 5.92 Å². The van der Waals surface area contributed by atoms with Crippen LogP contribution < -0.4 is 4.74 Å². The standard InChI is InChI=1S/C18H28N2O3S/c1-15-4-3-5-16(14-15)19-10-12-20(13-11-19)24(21,22)18-8-6-17(23-2)7-9-18/h6-9,15-16H,3-5,10-14H2,1-2H3/t15-,16-/m0/s1. The van der Waals surface area contributed by atoms with Crippen LogP contribution in [0.3, 0.4) is 0 Å². The minimum absolute atomic E-state index is 0.350. The quantitative estimate of drug-likeness (QED) is 0.836. The van der Waals surface area contributed by atoms with Crippen molar-refractivity contribution in [1.82, 2.24) is 9.21 Å². The lowest BCUT2D eigenvalue weighted by Crippen LogP contribution is -2.52. The molecule has 2 atom stereocenters. The fraction of sp³-hybridized carbons (Fsp3) is 0.667. The minimum atomic E-state index is -3.40. The van der Waals surface area contributed by atoms with E-state index in [0.717, 1.165) is 19.0 Å². The lowest BCUT2D eigenvalue weighted by molar-refractivity contribution is 0.0967. The Morgan fingerprint density at radius 3 is 2.29 bits per heavy atom. The third-order valence-electron chi connectivity index (χ3n) is 5.40. The number of hydrogen-bond donors (Lipinski definition) is 0. The Morgan fingerprint density at radius 1 is 1.04 bits per heavy atom. The van der Waals surface area contributed by atoms with Gasteiger partial charge in [-0.1, -0.05) is 19.8 Å². The van der Waals surface area contributed by atoms with Crippen molar-refractivity contribution in [3.8, 4) is 5.75 Å². The second-order valence-corrected chi connectivity index (χ2v) is 8.98. The molecule has 0 spiro atoms. The largest absolute Gasteiger partial charge is 0.497 e. The number of hydrogen-bond acceptors (Lipinski definition) is 4. The van der Waals surface area contributed by atoms with Crippen LogP contribution in [0.1, 0.15) is 32.6 Å². The van der Waals surface area contributed by atoms with Crippen LogP contribution >= 0.6 is 0 Å². The molecule has 1 aromatic rings. The number of methoxy groups -OCH3 is 1. The first kappa shape index (κ1) is 17.7. The molecule has 24 heavy (non-hydrogen) atoms. The fourth-order valence-corrected chi connectivity index (χ4v) is 5.36. The summed E-state index contributed by atoms with van der Waals surface area (Å²) in [7, 11) is -1.82. The Hall–Kier alpha value is -1.11. The summed E-state index contributed by atoms with van der Waals surface area (Å²) in [6, 6.07) is 7.30. The molecule has 1 aromatic carbocycles. The van der Waals surface area contributed by atoms with Crippen molar-refractivity contribution >= 4 is 10.0 Å². The van der Waals surface area contributed by atoms with Crippen LogP contribution in [-0.4, -0.2) is 57.0 Å². The van der Waals surface area contributed by atoms with E-state index in [9.17, 15) is 8.42 Å². The molecule has 1 aliphatic carbocycles. The number of piperazine rings is 1. The zero-order valence-corrected chi connectivity index (χ0v) is 15.5. The smallest absolute Gasteiger partial charge is 0.243 e. The van der Waals surface area contributed by atoms with Gasteiger partial charge in [0, 0.05) is 32.2 Å². The first-order chi connectivity index (χ1) is 11.5. The van der Waals surface area contributed by atoms with Gasteiger partial charge < -0.3 is 4.74 Å². The van der Waals surface area contributed by atoms with Crippen LogP contribution in [0, 0.1) is 5.92 Å². The lowest BCUT2D eigenvalue weighted by atomic mass is 9.86. The van der Waals surface area contributed by atoms with Crippen molar-refractivity contribution in [2.75, 3.05) is 33.3 Å². The SMILES string of the molecule is COc1ccc(S(=O)(=O)N2CCN([C@H]3CCC[C@H](C)C3)CC2)cc1. The molecule has 2 aliphatic rings. The average molecular weight is 353 g/mol. The van der Waals surface area contributed by atoms with Crippen LogP contribution in [0.15, 0.2) is 29.2 Å². The Bertz CT molecular complexity index is 637. The van der Waals surface area contributed by atoms with Gasteiger partial charge in [0.05, 0.1) is 12.0 Å². The van der Waals surface area contributed by atoms with Crippen LogP contribution in [0.4, 0.5) is 0 Å². The highest BCUT2D eigenvalue weighted by molar-refractivity contribution is 7.89. The topological polar surface area (TPSA) is 49.9 Å². The van der Waals surface area contributed by atoms with Gasteiger partial charge in [0.15, 0.2) is 0 Å². The van der Waals surface area contributed by atoms with Gasteiger partial charge in [-0.3, -0.25) is 4.90 Å². The maximum atomic E-state index is 12.8. The first-order valence-corrected chi connectivity index (χ1v) is 10.3. The van der Waals surface area contributed by atoms with Crippen molar-refractivity contribution in [1.29, 1.82) is 0 Å². The molecule has 2 fully saturated rings. The monoisotopic (exact) mass is 352 g/mol. The Morgan fingerprint density at radius 2 is 1.71 bits per heavy atom. The van der Waals surface area contributed by atoms with E-state index >= 15 is 0 Å². The van der Waals surface area contributed by atoms with Crippen molar-refractivity contribution in [3.63, 3.8) is 0 Å². The van der Waals surface area contributed by atoms with Crippen molar-refractivity contribution < 1.29 is 13.2 Å². The van der Waals surface area contributed by atoms with Gasteiger partial charge in [0.2, 0.25) is 10.0 Å². The summed E-state index contributed by atoms with van der Waals surface area (Å²) in [5.41, 5.74) is 0. The molecule has 0 radical (unpaired) electrons. The van der Waals surface area contributed by atoms with Gasteiger partial charge in [-0.15, -0.1) is 0 Å². The van der Waals surface area contributed by atoms with Crippen LogP contribution in [-0.2, 0) is 10.0 Å². The van der Waals surface area contributed by atoms with E-state index < -0.39 is 10.0 Å². The molecule has 5 nitrogen and oxygen atoms in total. The molecule has 0 amide bonds. The maximum absolute atomic E-state index is 12.8. The zero-order valence-electron chi connectivity index (χ0n) is 14.6. The van der Waals surface area contributed by atoms with Crippen molar-refractivity contribution in [3.05, 3.63) is 24.3 Å². The highest BCUT2D eigenvalue weighted by Crippen LogP contribution is 2.29. The molecule has 1 aliphatic heterocycles. The molecular weight excluding hydrogens is 324 g/mol. The molecule has 1 saturated heterocycles. The predicted octanol–water partition coefficient (Wildman–Crippen LogP) is 2.58. The molecule has 0 bridgehead atoms. The number of ether oxygens (including phenoxy) is 1. The van der Waals surface area contributed by atoms with E-state index in [-0.39, 0.29) is 0 Å². The van der Waals surface area contributed by atoms with E-state index in [4.69, 9.17) is 4.74 Å². The van der Waals surface area contributed by atoms with E-state index in [1.165, 1.54) is 25.7 Å². The third-order valence-corrected chi connectivity index (χ3v) is 7.31. The normalized spacial score (nSPS) is 27.1. The minimum Gasteiger partial charge on any atom is -0.497 e. The summed E-state index contributed by atoms with van der Waals surface area (Å²) in [4.78, 5) is 2.85. The molecule has 134 valence electrons. The molecule has 0 aromatic heterocycles. The Kier molecular flexibility index (Phi) is 5.47. The Labute approximate surface area is 145 Å². The molecule has 1 heterocycles. The van der Waals surface area contributed by atoms with Gasteiger partial charge in [-0.05, 0) is 43.0 Å². The summed E-state index contributed by atoms with van der Waals surface area (Å²) >= 11 is 0. The molecular formula is C18H28N2O3S. The van der Waals surface area contributed by atoms with Gasteiger partial charge in [-0.25, -0.2) is 8.42 Å². The van der Waals surface area contributed by atoms with Gasteiger partial charge >= 0.3 is 0 Å². The van der Waals surface area contributed by atoms with Gasteiger partial charge in [0.1, 0.15) is 5.75 Å². The highest BCUT2D eigenvalue weighted by Gasteiger charge is 2.32. The molecule has 0 unspecified atom stereocenters. The van der Waals surface area contributed by atoms with E-state index in [2.05, 4.69) is 11.8 Å². The van der Waals surface area contributed by atoms with Crippen molar-refractivity contribution in [2.45, 2.75) is 43.5 Å². The highest BCUT2D eigenvalue weighted by atomic mass is 32.2. The second kappa shape index (κ2) is 7.42. The number of rotatable bonds is 4. The predicted molar refractivity (Wildman–Crippen MR) is 94.7 cm³/mol. The van der Waals surface area contributed by atoms with E-state index in [1.807, 2.05) is 0 Å². The molecule has 3 rings (SSSR count). The number of nitrogens with zero attached hydrogens (tertiary/aromatic N) is 2. The molecule has 0 N–H and O–H groups in total. The van der Waals surface area contributed by atoms with Crippen LogP contribution in [0.25, 0.3) is 0 Å². The summed E-state index contributed by atoms with van der Waals surface area (Å²) in [5.74, 6) is 1.47. The van der Waals surface area contributed by atoms with E-state index in [1.54, 1.807) is 35.7 Å². The number of sulfonamides is 1. The second-order valence-electron chi connectivity index (χ2n) is 7.04. The summed E-state index contributed by atoms with van der Waals surface area (Å²) in [6.45, 7) is 5.18. The average Bonchev–Trinajstić information content (AvgIpc) is 2.62. The summed E-state index contributed by atoms with van der Waals surface area (Å²) < 4.78 is 32.3. The summed E-state index contributed by atoms with van der Waals surface area (Å²) in [6.07, 6.45) is 5.15. The maximum Gasteiger partial charge on any atom is 0.243 e. The lowest BCUT2D eigenvalue weighted by Gasteiger charge is -2.41. The zero-order chi connectivity index (χ0) is 17.2.